The quantitative estimate of drug-likeness (QED) is 0.334. The first-order valence-corrected chi connectivity index (χ1v) is 11.6. The van der Waals surface area contributed by atoms with Gasteiger partial charge in [-0.2, -0.15) is 0 Å². The van der Waals surface area contributed by atoms with Crippen LogP contribution in [-0.2, 0) is 12.8 Å². The zero-order valence-corrected chi connectivity index (χ0v) is 19.1. The summed E-state index contributed by atoms with van der Waals surface area (Å²) < 4.78 is 6.02. The van der Waals surface area contributed by atoms with Crippen molar-refractivity contribution in [3.05, 3.63) is 106 Å². The number of hydrogen-bond acceptors (Lipinski definition) is 3. The van der Waals surface area contributed by atoms with Crippen LogP contribution in [-0.4, -0.2) is 10.7 Å². The van der Waals surface area contributed by atoms with E-state index in [9.17, 15) is 0 Å². The van der Waals surface area contributed by atoms with Crippen molar-refractivity contribution in [3.63, 3.8) is 0 Å². The average Bonchev–Trinajstić information content (AvgIpc) is 3.43. The van der Waals surface area contributed by atoms with Gasteiger partial charge in [0.1, 0.15) is 5.52 Å². The second kappa shape index (κ2) is 8.00. The van der Waals surface area contributed by atoms with Crippen LogP contribution < -0.4 is 0 Å². The Morgan fingerprint density at radius 3 is 2.76 bits per heavy atom. The van der Waals surface area contributed by atoms with Crippen molar-refractivity contribution in [3.8, 4) is 11.5 Å². The van der Waals surface area contributed by atoms with Crippen LogP contribution in [0.25, 0.3) is 22.6 Å². The summed E-state index contributed by atoms with van der Waals surface area (Å²) in [7, 11) is 0. The summed E-state index contributed by atoms with van der Waals surface area (Å²) in [5.74, 6) is 0.684. The van der Waals surface area contributed by atoms with Crippen molar-refractivity contribution in [2.45, 2.75) is 39.5 Å². The third-order valence-electron chi connectivity index (χ3n) is 6.49. The van der Waals surface area contributed by atoms with Gasteiger partial charge in [0.05, 0.1) is 5.69 Å². The summed E-state index contributed by atoms with van der Waals surface area (Å²) >= 11 is 0. The smallest absolute Gasteiger partial charge is 0.227 e. The lowest BCUT2D eigenvalue weighted by Gasteiger charge is -2.15. The van der Waals surface area contributed by atoms with Crippen LogP contribution in [0.2, 0.25) is 0 Å². The lowest BCUT2D eigenvalue weighted by molar-refractivity contribution is 0.619. The highest BCUT2D eigenvalue weighted by atomic mass is 16.3. The number of aryl methyl sites for hydroxylation is 2. The third-order valence-corrected chi connectivity index (χ3v) is 6.49. The third kappa shape index (κ3) is 3.95. The Kier molecular flexibility index (Phi) is 4.83. The number of aliphatic imine (C=N–C) groups is 1. The van der Waals surface area contributed by atoms with Gasteiger partial charge in [-0.3, -0.25) is 4.99 Å². The van der Waals surface area contributed by atoms with E-state index >= 15 is 0 Å². The molecule has 0 unspecified atom stereocenters. The van der Waals surface area contributed by atoms with Crippen molar-refractivity contribution in [2.75, 3.05) is 0 Å². The fourth-order valence-electron chi connectivity index (χ4n) is 4.95. The maximum Gasteiger partial charge on any atom is 0.227 e. The molecule has 1 aromatic heterocycles. The zero-order valence-electron chi connectivity index (χ0n) is 19.1. The van der Waals surface area contributed by atoms with E-state index < -0.39 is 0 Å². The van der Waals surface area contributed by atoms with Gasteiger partial charge in [0, 0.05) is 17.7 Å². The van der Waals surface area contributed by atoms with Gasteiger partial charge in [0.25, 0.3) is 0 Å². The molecule has 3 nitrogen and oxygen atoms in total. The van der Waals surface area contributed by atoms with Gasteiger partial charge in [0.2, 0.25) is 5.89 Å². The minimum atomic E-state index is 0.684. The molecule has 3 aromatic carbocycles. The topological polar surface area (TPSA) is 38.4 Å². The summed E-state index contributed by atoms with van der Waals surface area (Å²) in [6.07, 6.45) is 8.72. The van der Waals surface area contributed by atoms with E-state index in [4.69, 9.17) is 14.4 Å². The summed E-state index contributed by atoms with van der Waals surface area (Å²) in [5, 5.41) is 0. The van der Waals surface area contributed by atoms with Gasteiger partial charge >= 0.3 is 0 Å². The first-order chi connectivity index (χ1) is 16.1. The van der Waals surface area contributed by atoms with Crippen LogP contribution in [0.4, 0.5) is 5.69 Å². The maximum atomic E-state index is 6.02. The molecule has 0 saturated carbocycles. The van der Waals surface area contributed by atoms with Crippen LogP contribution in [0.15, 0.2) is 93.4 Å². The Balaban J connectivity index is 1.26. The summed E-state index contributed by atoms with van der Waals surface area (Å²) in [4.78, 5) is 9.64. The minimum Gasteiger partial charge on any atom is -0.436 e. The summed E-state index contributed by atoms with van der Waals surface area (Å²) in [6, 6.07) is 21.1. The molecule has 0 radical (unpaired) electrons. The molecular formula is C30H26N2O. The average molecular weight is 431 g/mol. The first kappa shape index (κ1) is 19.9. The lowest BCUT2D eigenvalue weighted by Crippen LogP contribution is -2.07. The summed E-state index contributed by atoms with van der Waals surface area (Å²) in [5.41, 5.74) is 13.0. The SMILES string of the molecule is Cc1cc(CC2=CCCC(C3=Nc4ccc(C)cc4C3)=C2)cc(-c2nc3ccccc3o2)c1. The molecule has 6 rings (SSSR count). The van der Waals surface area contributed by atoms with E-state index in [0.29, 0.717) is 5.89 Å². The van der Waals surface area contributed by atoms with E-state index in [2.05, 4.69) is 62.4 Å². The minimum absolute atomic E-state index is 0.684. The molecular weight excluding hydrogens is 404 g/mol. The van der Waals surface area contributed by atoms with Crippen LogP contribution >= 0.6 is 0 Å². The highest BCUT2D eigenvalue weighted by Crippen LogP contribution is 2.33. The van der Waals surface area contributed by atoms with Crippen LogP contribution in [0.3, 0.4) is 0 Å². The molecule has 2 aliphatic rings. The van der Waals surface area contributed by atoms with Gasteiger partial charge in [-0.05, 0) is 85.7 Å². The van der Waals surface area contributed by atoms with E-state index in [1.807, 2.05) is 24.3 Å². The highest BCUT2D eigenvalue weighted by molar-refractivity contribution is 6.06. The van der Waals surface area contributed by atoms with E-state index in [1.54, 1.807) is 0 Å². The summed E-state index contributed by atoms with van der Waals surface area (Å²) in [6.45, 7) is 4.29. The van der Waals surface area contributed by atoms with Crippen LogP contribution in [0.5, 0.6) is 0 Å². The molecule has 0 saturated heterocycles. The zero-order chi connectivity index (χ0) is 22.4. The number of rotatable bonds is 4. The van der Waals surface area contributed by atoms with E-state index in [-0.39, 0.29) is 0 Å². The Morgan fingerprint density at radius 2 is 1.85 bits per heavy atom. The Morgan fingerprint density at radius 1 is 0.939 bits per heavy atom. The number of fused-ring (bicyclic) bond motifs is 2. The first-order valence-electron chi connectivity index (χ1n) is 11.6. The fraction of sp³-hybridized carbons (Fsp3) is 0.200. The van der Waals surface area contributed by atoms with Crippen LogP contribution in [0, 0.1) is 13.8 Å². The van der Waals surface area contributed by atoms with Crippen molar-refractivity contribution in [1.82, 2.24) is 4.98 Å². The second-order valence-electron chi connectivity index (χ2n) is 9.23. The van der Waals surface area contributed by atoms with Gasteiger partial charge in [-0.1, -0.05) is 53.6 Å². The number of aromatic nitrogens is 1. The molecule has 0 amide bonds. The predicted octanol–water partition coefficient (Wildman–Crippen LogP) is 7.63. The molecule has 33 heavy (non-hydrogen) atoms. The molecule has 0 atom stereocenters. The maximum absolute atomic E-state index is 6.02. The largest absolute Gasteiger partial charge is 0.436 e. The predicted molar refractivity (Wildman–Crippen MR) is 135 cm³/mol. The molecule has 4 aromatic rings. The molecule has 1 aliphatic heterocycles. The molecule has 0 bridgehead atoms. The number of para-hydroxylation sites is 2. The molecule has 1 aliphatic carbocycles. The molecule has 0 fully saturated rings. The van der Waals surface area contributed by atoms with Gasteiger partial charge in [-0.15, -0.1) is 0 Å². The van der Waals surface area contributed by atoms with Crippen molar-refractivity contribution >= 4 is 22.5 Å². The number of nitrogens with zero attached hydrogens (tertiary/aromatic N) is 2. The van der Waals surface area contributed by atoms with Crippen molar-refractivity contribution in [2.24, 2.45) is 4.99 Å². The molecule has 2 heterocycles. The molecule has 0 N–H and O–H groups in total. The Bertz CT molecular complexity index is 1450. The van der Waals surface area contributed by atoms with E-state index in [1.165, 1.54) is 39.1 Å². The Labute approximate surface area is 194 Å². The van der Waals surface area contributed by atoms with Crippen molar-refractivity contribution < 1.29 is 4.42 Å². The van der Waals surface area contributed by atoms with Crippen LogP contribution in [0.1, 0.15) is 35.1 Å². The highest BCUT2D eigenvalue weighted by Gasteiger charge is 2.19. The van der Waals surface area contributed by atoms with Gasteiger partial charge in [-0.25, -0.2) is 4.98 Å². The lowest BCUT2D eigenvalue weighted by atomic mass is 9.90. The standard InChI is InChI=1S/C30H26N2O/c1-19-10-11-26-24(13-19)18-28(31-26)23-7-5-6-21(16-23)15-22-12-20(2)14-25(17-22)30-32-27-8-3-4-9-29(27)33-30/h3-4,6,8-14,16-17H,5,7,15,18H2,1-2H3. The van der Waals surface area contributed by atoms with E-state index in [0.717, 1.165) is 48.0 Å². The Hall–Kier alpha value is -3.72. The number of hydrogen-bond donors (Lipinski definition) is 0. The molecule has 3 heteroatoms. The molecule has 0 spiro atoms. The number of allylic oxidation sites excluding steroid dienone is 4. The van der Waals surface area contributed by atoms with Gasteiger partial charge < -0.3 is 4.42 Å². The normalized spacial score (nSPS) is 15.3. The monoisotopic (exact) mass is 430 g/mol. The number of oxazole rings is 1. The van der Waals surface area contributed by atoms with Crippen molar-refractivity contribution in [1.29, 1.82) is 0 Å². The molecule has 162 valence electrons. The fourth-order valence-corrected chi connectivity index (χ4v) is 4.95. The number of benzene rings is 3. The second-order valence-corrected chi connectivity index (χ2v) is 9.23. The van der Waals surface area contributed by atoms with Gasteiger partial charge in [0.15, 0.2) is 5.58 Å².